The lowest BCUT2D eigenvalue weighted by atomic mass is 10.2. The average molecular weight is 233 g/mol. The van der Waals surface area contributed by atoms with E-state index in [9.17, 15) is 18.0 Å². The van der Waals surface area contributed by atoms with Crippen LogP contribution in [0.25, 0.3) is 0 Å². The van der Waals surface area contributed by atoms with Crippen LogP contribution >= 0.6 is 0 Å². The van der Waals surface area contributed by atoms with Gasteiger partial charge in [0.1, 0.15) is 11.6 Å². The number of hydrogen-bond acceptors (Lipinski definition) is 4. The fraction of sp³-hybridized carbons (Fsp3) is 0.375. The summed E-state index contributed by atoms with van der Waals surface area (Å²) in [5.74, 6) is -1.22. The molecule has 5 nitrogen and oxygen atoms in total. The van der Waals surface area contributed by atoms with Crippen molar-refractivity contribution in [2.75, 3.05) is 6.61 Å². The molecule has 1 N–H and O–H groups in total. The Balaban J connectivity index is 3.28. The first kappa shape index (κ1) is 12.0. The molecule has 1 aromatic rings. The Kier molecular flexibility index (Phi) is 3.17. The SMILES string of the molecule is CCOC(=O)c1c(C#N)n[nH]c1C(F)(F)F. The summed E-state index contributed by atoms with van der Waals surface area (Å²) in [4.78, 5) is 11.2. The third-order valence-electron chi connectivity index (χ3n) is 1.64. The maximum absolute atomic E-state index is 12.4. The van der Waals surface area contributed by atoms with Gasteiger partial charge in [-0.1, -0.05) is 0 Å². The van der Waals surface area contributed by atoms with Crippen molar-refractivity contribution in [3.63, 3.8) is 0 Å². The lowest BCUT2D eigenvalue weighted by Gasteiger charge is -2.06. The highest BCUT2D eigenvalue weighted by atomic mass is 19.4. The summed E-state index contributed by atoms with van der Waals surface area (Å²) >= 11 is 0. The third-order valence-corrected chi connectivity index (χ3v) is 1.64. The summed E-state index contributed by atoms with van der Waals surface area (Å²) in [6.45, 7) is 1.35. The van der Waals surface area contributed by atoms with E-state index in [-0.39, 0.29) is 6.61 Å². The van der Waals surface area contributed by atoms with E-state index >= 15 is 0 Å². The largest absolute Gasteiger partial charge is 0.462 e. The van der Waals surface area contributed by atoms with E-state index in [1.165, 1.54) is 13.0 Å². The molecule has 0 aliphatic rings. The number of carbonyl (C=O) groups is 1. The molecular weight excluding hydrogens is 227 g/mol. The smallest absolute Gasteiger partial charge is 0.433 e. The summed E-state index contributed by atoms with van der Waals surface area (Å²) in [7, 11) is 0. The second kappa shape index (κ2) is 4.22. The molecule has 0 radical (unpaired) electrons. The fourth-order valence-corrected chi connectivity index (χ4v) is 1.03. The second-order valence-electron chi connectivity index (χ2n) is 2.65. The van der Waals surface area contributed by atoms with Crippen LogP contribution in [0, 0.1) is 11.3 Å². The van der Waals surface area contributed by atoms with Gasteiger partial charge >= 0.3 is 12.1 Å². The molecule has 0 fully saturated rings. The van der Waals surface area contributed by atoms with Gasteiger partial charge in [-0.3, -0.25) is 5.10 Å². The van der Waals surface area contributed by atoms with Crippen LogP contribution in [-0.2, 0) is 10.9 Å². The molecule has 0 aliphatic heterocycles. The van der Waals surface area contributed by atoms with Crippen molar-refractivity contribution >= 4 is 5.97 Å². The zero-order chi connectivity index (χ0) is 12.3. The molecule has 0 saturated carbocycles. The number of H-pyrrole nitrogens is 1. The molecule has 0 spiro atoms. The highest BCUT2D eigenvalue weighted by molar-refractivity contribution is 5.93. The van der Waals surface area contributed by atoms with Crippen LogP contribution in [0.2, 0.25) is 0 Å². The molecule has 1 rings (SSSR count). The van der Waals surface area contributed by atoms with Crippen LogP contribution in [0.3, 0.4) is 0 Å². The lowest BCUT2D eigenvalue weighted by molar-refractivity contribution is -0.141. The quantitative estimate of drug-likeness (QED) is 0.784. The van der Waals surface area contributed by atoms with Crippen molar-refractivity contribution in [1.82, 2.24) is 10.2 Å². The standard InChI is InChI=1S/C8H6F3N3O2/c1-2-16-7(15)5-4(3-12)13-14-6(5)8(9,10)11/h2H2,1H3,(H,13,14). The number of nitrogens with zero attached hydrogens (tertiary/aromatic N) is 2. The average Bonchev–Trinajstić information content (AvgIpc) is 2.60. The Morgan fingerprint density at radius 3 is 2.69 bits per heavy atom. The molecule has 0 bridgehead atoms. The minimum atomic E-state index is -4.79. The zero-order valence-electron chi connectivity index (χ0n) is 8.05. The minimum Gasteiger partial charge on any atom is -0.462 e. The number of carbonyl (C=O) groups excluding carboxylic acids is 1. The number of halogens is 3. The van der Waals surface area contributed by atoms with E-state index < -0.39 is 29.1 Å². The van der Waals surface area contributed by atoms with Crippen molar-refractivity contribution in [2.45, 2.75) is 13.1 Å². The predicted molar refractivity (Wildman–Crippen MR) is 44.3 cm³/mol. The van der Waals surface area contributed by atoms with Crippen molar-refractivity contribution in [3.05, 3.63) is 17.0 Å². The third kappa shape index (κ3) is 2.13. The zero-order valence-corrected chi connectivity index (χ0v) is 8.05. The Morgan fingerprint density at radius 2 is 2.25 bits per heavy atom. The number of alkyl halides is 3. The molecule has 86 valence electrons. The van der Waals surface area contributed by atoms with E-state index in [0.29, 0.717) is 0 Å². The monoisotopic (exact) mass is 233 g/mol. The highest BCUT2D eigenvalue weighted by Gasteiger charge is 2.40. The Morgan fingerprint density at radius 1 is 1.62 bits per heavy atom. The van der Waals surface area contributed by atoms with Crippen molar-refractivity contribution in [3.8, 4) is 6.07 Å². The molecule has 0 aliphatic carbocycles. The maximum atomic E-state index is 12.4. The van der Waals surface area contributed by atoms with Crippen LogP contribution < -0.4 is 0 Å². The van der Waals surface area contributed by atoms with Gasteiger partial charge in [-0.25, -0.2) is 4.79 Å². The summed E-state index contributed by atoms with van der Waals surface area (Å²) < 4.78 is 41.6. The van der Waals surface area contributed by atoms with Gasteiger partial charge in [-0.2, -0.15) is 23.5 Å². The Bertz CT molecular complexity index is 444. The molecule has 16 heavy (non-hydrogen) atoms. The number of hydrogen-bond donors (Lipinski definition) is 1. The van der Waals surface area contributed by atoms with E-state index in [1.54, 1.807) is 5.10 Å². The van der Waals surface area contributed by atoms with Gasteiger partial charge in [-0.05, 0) is 6.92 Å². The number of aromatic amines is 1. The first-order valence-corrected chi connectivity index (χ1v) is 4.14. The molecule has 0 unspecified atom stereocenters. The van der Waals surface area contributed by atoms with Crippen molar-refractivity contribution in [1.29, 1.82) is 5.26 Å². The van der Waals surface area contributed by atoms with Gasteiger partial charge in [-0.15, -0.1) is 0 Å². The van der Waals surface area contributed by atoms with Gasteiger partial charge in [0.15, 0.2) is 11.4 Å². The Labute approximate surface area is 87.8 Å². The molecule has 8 heteroatoms. The predicted octanol–water partition coefficient (Wildman–Crippen LogP) is 1.48. The number of nitriles is 1. The molecule has 0 saturated heterocycles. The van der Waals surface area contributed by atoms with Gasteiger partial charge in [0.05, 0.1) is 6.61 Å². The first-order valence-electron chi connectivity index (χ1n) is 4.14. The number of aromatic nitrogens is 2. The summed E-state index contributed by atoms with van der Waals surface area (Å²) in [5, 5.41) is 13.2. The number of rotatable bonds is 2. The number of esters is 1. The topological polar surface area (TPSA) is 78.8 Å². The van der Waals surface area contributed by atoms with E-state index in [0.717, 1.165) is 0 Å². The number of ether oxygens (including phenoxy) is 1. The molecule has 1 aromatic heterocycles. The second-order valence-corrected chi connectivity index (χ2v) is 2.65. The fourth-order valence-electron chi connectivity index (χ4n) is 1.03. The Hall–Kier alpha value is -2.04. The molecular formula is C8H6F3N3O2. The van der Waals surface area contributed by atoms with Crippen LogP contribution in [0.15, 0.2) is 0 Å². The minimum absolute atomic E-state index is 0.0911. The van der Waals surface area contributed by atoms with E-state index in [2.05, 4.69) is 9.84 Å². The van der Waals surface area contributed by atoms with Gasteiger partial charge in [0, 0.05) is 0 Å². The van der Waals surface area contributed by atoms with Crippen LogP contribution in [0.4, 0.5) is 13.2 Å². The highest BCUT2D eigenvalue weighted by Crippen LogP contribution is 2.31. The van der Waals surface area contributed by atoms with E-state index in [4.69, 9.17) is 5.26 Å². The van der Waals surface area contributed by atoms with Crippen LogP contribution in [0.1, 0.15) is 28.7 Å². The maximum Gasteiger partial charge on any atom is 0.433 e. The first-order chi connectivity index (χ1) is 7.41. The molecule has 0 aromatic carbocycles. The van der Waals surface area contributed by atoms with Gasteiger partial charge < -0.3 is 4.74 Å². The summed E-state index contributed by atoms with van der Waals surface area (Å²) in [6, 6.07) is 1.38. The molecule has 0 amide bonds. The summed E-state index contributed by atoms with van der Waals surface area (Å²) in [5.41, 5.74) is -2.88. The van der Waals surface area contributed by atoms with Gasteiger partial charge in [0.2, 0.25) is 0 Å². The van der Waals surface area contributed by atoms with E-state index in [1.807, 2.05) is 0 Å². The normalized spacial score (nSPS) is 10.9. The summed E-state index contributed by atoms with van der Waals surface area (Å²) in [6.07, 6.45) is -4.79. The van der Waals surface area contributed by atoms with Crippen molar-refractivity contribution in [2.24, 2.45) is 0 Å². The van der Waals surface area contributed by atoms with Crippen molar-refractivity contribution < 1.29 is 22.7 Å². The lowest BCUT2D eigenvalue weighted by Crippen LogP contribution is -2.15. The van der Waals surface area contributed by atoms with Crippen LogP contribution in [0.5, 0.6) is 0 Å². The molecule has 0 atom stereocenters. The van der Waals surface area contributed by atoms with Crippen LogP contribution in [-0.4, -0.2) is 22.8 Å². The number of nitrogens with one attached hydrogen (secondary N) is 1. The molecule has 1 heterocycles. The van der Waals surface area contributed by atoms with Gasteiger partial charge in [0.25, 0.3) is 0 Å².